The van der Waals surface area contributed by atoms with E-state index in [0.29, 0.717) is 27.1 Å². The first kappa shape index (κ1) is 16.3. The van der Waals surface area contributed by atoms with Crippen LogP contribution in [0, 0.1) is 0 Å². The summed E-state index contributed by atoms with van der Waals surface area (Å²) in [5, 5.41) is 7.15. The third kappa shape index (κ3) is 4.25. The van der Waals surface area contributed by atoms with Crippen LogP contribution in [-0.4, -0.2) is 10.9 Å². The van der Waals surface area contributed by atoms with Gasteiger partial charge in [-0.3, -0.25) is 4.79 Å². The molecular weight excluding hydrogens is 345 g/mol. The van der Waals surface area contributed by atoms with Gasteiger partial charge in [0.25, 0.3) is 5.91 Å². The van der Waals surface area contributed by atoms with Gasteiger partial charge >= 0.3 is 0 Å². The number of hydrogen-bond donors (Lipinski definition) is 2. The molecule has 24 heavy (non-hydrogen) atoms. The molecule has 0 spiro atoms. The van der Waals surface area contributed by atoms with E-state index >= 15 is 0 Å². The fraction of sp³-hybridized carbons (Fsp3) is 0. The molecule has 0 aliphatic carbocycles. The van der Waals surface area contributed by atoms with Crippen molar-refractivity contribution in [2.45, 2.75) is 0 Å². The van der Waals surface area contributed by atoms with Crippen LogP contribution in [0.25, 0.3) is 0 Å². The molecule has 0 atom stereocenters. The molecule has 0 bridgehead atoms. The van der Waals surface area contributed by atoms with Gasteiger partial charge in [0.2, 0.25) is 0 Å². The van der Waals surface area contributed by atoms with Gasteiger partial charge in [-0.2, -0.15) is 0 Å². The highest BCUT2D eigenvalue weighted by molar-refractivity contribution is 6.31. The van der Waals surface area contributed by atoms with E-state index in [1.165, 1.54) is 0 Å². The molecule has 0 aliphatic heterocycles. The van der Waals surface area contributed by atoms with Gasteiger partial charge in [0.05, 0.1) is 0 Å². The number of hydrogen-bond acceptors (Lipinski definition) is 3. The molecule has 0 radical (unpaired) electrons. The number of nitrogens with one attached hydrogen (secondary N) is 2. The van der Waals surface area contributed by atoms with Crippen LogP contribution in [0.1, 0.15) is 10.4 Å². The maximum absolute atomic E-state index is 12.3. The van der Waals surface area contributed by atoms with E-state index in [1.807, 2.05) is 12.1 Å². The molecule has 4 nitrogen and oxygen atoms in total. The van der Waals surface area contributed by atoms with E-state index < -0.39 is 0 Å². The van der Waals surface area contributed by atoms with Gasteiger partial charge in [-0.25, -0.2) is 4.98 Å². The fourth-order valence-electron chi connectivity index (χ4n) is 2.09. The molecule has 1 heterocycles. The Kier molecular flexibility index (Phi) is 4.99. The summed E-state index contributed by atoms with van der Waals surface area (Å²) in [6.07, 6.45) is 1.57. The number of carbonyl (C=O) groups excluding carboxylic acids is 1. The Labute approximate surface area is 149 Å². The minimum absolute atomic E-state index is 0.237. The SMILES string of the molecule is O=C(Nc1cccc(Cl)c1)c1ccnc(Nc2ccc(Cl)cc2)c1. The molecule has 1 amide bonds. The number of carbonyl (C=O) groups is 1. The second kappa shape index (κ2) is 7.34. The number of benzene rings is 2. The first-order valence-electron chi connectivity index (χ1n) is 7.16. The summed E-state index contributed by atoms with van der Waals surface area (Å²) in [4.78, 5) is 16.6. The molecule has 0 saturated carbocycles. The molecule has 6 heteroatoms. The summed E-state index contributed by atoms with van der Waals surface area (Å²) in [7, 11) is 0. The van der Waals surface area contributed by atoms with Crippen LogP contribution in [0.4, 0.5) is 17.2 Å². The lowest BCUT2D eigenvalue weighted by Crippen LogP contribution is -2.12. The molecule has 120 valence electrons. The number of pyridine rings is 1. The van der Waals surface area contributed by atoms with Crippen molar-refractivity contribution in [3.63, 3.8) is 0 Å². The molecule has 2 aromatic carbocycles. The van der Waals surface area contributed by atoms with Crippen molar-refractivity contribution in [3.8, 4) is 0 Å². The third-order valence-corrected chi connectivity index (χ3v) is 3.71. The van der Waals surface area contributed by atoms with Gasteiger partial charge in [0, 0.05) is 33.2 Å². The normalized spacial score (nSPS) is 10.2. The molecular formula is C18H13Cl2N3O. The van der Waals surface area contributed by atoms with Gasteiger partial charge in [-0.05, 0) is 54.6 Å². The molecule has 1 aromatic heterocycles. The van der Waals surface area contributed by atoms with Crippen molar-refractivity contribution >= 4 is 46.3 Å². The Morgan fingerprint density at radius 3 is 2.42 bits per heavy atom. The number of rotatable bonds is 4. The molecule has 0 unspecified atom stereocenters. The maximum atomic E-state index is 12.3. The maximum Gasteiger partial charge on any atom is 0.255 e. The fourth-order valence-corrected chi connectivity index (χ4v) is 2.41. The zero-order valence-electron chi connectivity index (χ0n) is 12.5. The lowest BCUT2D eigenvalue weighted by Gasteiger charge is -2.09. The van der Waals surface area contributed by atoms with Crippen molar-refractivity contribution in [2.75, 3.05) is 10.6 Å². The number of aromatic nitrogens is 1. The Morgan fingerprint density at radius 1 is 0.875 bits per heavy atom. The second-order valence-corrected chi connectivity index (χ2v) is 5.90. The third-order valence-electron chi connectivity index (χ3n) is 3.22. The summed E-state index contributed by atoms with van der Waals surface area (Å²) in [6.45, 7) is 0. The molecule has 3 rings (SSSR count). The first-order valence-corrected chi connectivity index (χ1v) is 7.91. The van der Waals surface area contributed by atoms with Crippen LogP contribution in [0.15, 0.2) is 66.9 Å². The predicted octanol–water partition coefficient (Wildman–Crippen LogP) is 5.38. The number of anilines is 3. The van der Waals surface area contributed by atoms with Gasteiger partial charge in [0.1, 0.15) is 5.82 Å². The van der Waals surface area contributed by atoms with E-state index in [9.17, 15) is 4.79 Å². The van der Waals surface area contributed by atoms with Crippen LogP contribution < -0.4 is 10.6 Å². The highest BCUT2D eigenvalue weighted by Crippen LogP contribution is 2.19. The van der Waals surface area contributed by atoms with Crippen molar-refractivity contribution in [1.82, 2.24) is 4.98 Å². The lowest BCUT2D eigenvalue weighted by molar-refractivity contribution is 0.102. The molecule has 0 aliphatic rings. The Hall–Kier alpha value is -2.56. The largest absolute Gasteiger partial charge is 0.340 e. The van der Waals surface area contributed by atoms with Crippen molar-refractivity contribution in [2.24, 2.45) is 0 Å². The average Bonchev–Trinajstić information content (AvgIpc) is 2.57. The van der Waals surface area contributed by atoms with E-state index in [2.05, 4.69) is 15.6 Å². The van der Waals surface area contributed by atoms with E-state index in [1.54, 1.807) is 54.7 Å². The lowest BCUT2D eigenvalue weighted by atomic mass is 10.2. The summed E-state index contributed by atoms with van der Waals surface area (Å²) in [5.41, 5.74) is 1.96. The molecule has 2 N–H and O–H groups in total. The standard InChI is InChI=1S/C18H13Cl2N3O/c19-13-4-6-15(7-5-13)22-17-10-12(8-9-21-17)18(24)23-16-3-1-2-14(20)11-16/h1-11H,(H,21,22)(H,23,24). The van der Waals surface area contributed by atoms with Crippen LogP contribution in [0.3, 0.4) is 0 Å². The van der Waals surface area contributed by atoms with E-state index in [-0.39, 0.29) is 5.91 Å². The Morgan fingerprint density at radius 2 is 1.67 bits per heavy atom. The van der Waals surface area contributed by atoms with Crippen LogP contribution in [-0.2, 0) is 0 Å². The zero-order chi connectivity index (χ0) is 16.9. The van der Waals surface area contributed by atoms with Crippen molar-refractivity contribution < 1.29 is 4.79 Å². The minimum atomic E-state index is -0.237. The monoisotopic (exact) mass is 357 g/mol. The highest BCUT2D eigenvalue weighted by atomic mass is 35.5. The second-order valence-electron chi connectivity index (χ2n) is 5.03. The molecule has 0 saturated heterocycles. The van der Waals surface area contributed by atoms with Gasteiger partial charge in [-0.15, -0.1) is 0 Å². The predicted molar refractivity (Wildman–Crippen MR) is 98.4 cm³/mol. The Balaban J connectivity index is 1.74. The number of nitrogens with zero attached hydrogens (tertiary/aromatic N) is 1. The zero-order valence-corrected chi connectivity index (χ0v) is 14.0. The topological polar surface area (TPSA) is 54.0 Å². The van der Waals surface area contributed by atoms with E-state index in [0.717, 1.165) is 5.69 Å². The van der Waals surface area contributed by atoms with E-state index in [4.69, 9.17) is 23.2 Å². The number of amides is 1. The van der Waals surface area contributed by atoms with Crippen molar-refractivity contribution in [1.29, 1.82) is 0 Å². The van der Waals surface area contributed by atoms with Crippen LogP contribution >= 0.6 is 23.2 Å². The van der Waals surface area contributed by atoms with Crippen molar-refractivity contribution in [3.05, 3.63) is 82.5 Å². The number of halogens is 2. The first-order chi connectivity index (χ1) is 11.6. The van der Waals surface area contributed by atoms with Crippen LogP contribution in [0.2, 0.25) is 10.0 Å². The summed E-state index contributed by atoms with van der Waals surface area (Å²) >= 11 is 11.8. The van der Waals surface area contributed by atoms with Crippen LogP contribution in [0.5, 0.6) is 0 Å². The minimum Gasteiger partial charge on any atom is -0.340 e. The average molecular weight is 358 g/mol. The van der Waals surface area contributed by atoms with Gasteiger partial charge < -0.3 is 10.6 Å². The van der Waals surface area contributed by atoms with Gasteiger partial charge in [-0.1, -0.05) is 29.3 Å². The molecule has 3 aromatic rings. The summed E-state index contributed by atoms with van der Waals surface area (Å²) in [5.74, 6) is 0.329. The quantitative estimate of drug-likeness (QED) is 0.658. The smallest absolute Gasteiger partial charge is 0.255 e. The van der Waals surface area contributed by atoms with Gasteiger partial charge in [0.15, 0.2) is 0 Å². The highest BCUT2D eigenvalue weighted by Gasteiger charge is 2.08. The summed E-state index contributed by atoms with van der Waals surface area (Å²) in [6, 6.07) is 17.5. The molecule has 0 fully saturated rings. The Bertz CT molecular complexity index is 866. The summed E-state index contributed by atoms with van der Waals surface area (Å²) < 4.78 is 0.